The number of nitrogens with one attached hydrogen (secondary N) is 2. The second-order valence-electron chi connectivity index (χ2n) is 4.69. The molecule has 1 aromatic rings. The van der Waals surface area contributed by atoms with Crippen LogP contribution in [0.2, 0.25) is 0 Å². The van der Waals surface area contributed by atoms with Gasteiger partial charge in [0, 0.05) is 25.8 Å². The first-order chi connectivity index (χ1) is 9.83. The predicted octanol–water partition coefficient (Wildman–Crippen LogP) is 1.10. The molecule has 0 radical (unpaired) electrons. The fourth-order valence-corrected chi connectivity index (χ4v) is 2.16. The monoisotopic (exact) mass is 350 g/mol. The zero-order valence-electron chi connectivity index (χ0n) is 12.7. The number of carbonyl (C=O) groups is 1. The average molecular weight is 351 g/mol. The van der Waals surface area contributed by atoms with E-state index in [1.165, 1.54) is 0 Å². The van der Waals surface area contributed by atoms with Crippen molar-refractivity contribution in [2.24, 2.45) is 0 Å². The van der Waals surface area contributed by atoms with Gasteiger partial charge < -0.3 is 20.3 Å². The molecule has 1 saturated heterocycles. The maximum Gasteiger partial charge on any atom is 0.255 e. The molecular formula is C14H24Cl2N4O2. The van der Waals surface area contributed by atoms with Gasteiger partial charge in [0.15, 0.2) is 0 Å². The highest BCUT2D eigenvalue weighted by atomic mass is 35.5. The molecule has 0 atom stereocenters. The van der Waals surface area contributed by atoms with E-state index >= 15 is 0 Å². The fraction of sp³-hybridized carbons (Fsp3) is 0.571. The molecule has 22 heavy (non-hydrogen) atoms. The van der Waals surface area contributed by atoms with E-state index in [0.717, 1.165) is 31.9 Å². The van der Waals surface area contributed by atoms with Crippen LogP contribution in [0.4, 0.5) is 5.82 Å². The summed E-state index contributed by atoms with van der Waals surface area (Å²) in [5.74, 6) is 0.692. The number of rotatable bonds is 6. The van der Waals surface area contributed by atoms with E-state index in [9.17, 15) is 4.79 Å². The van der Waals surface area contributed by atoms with Gasteiger partial charge in [0.2, 0.25) is 0 Å². The van der Waals surface area contributed by atoms with Gasteiger partial charge in [0.05, 0.1) is 18.8 Å². The molecule has 1 aliphatic rings. The van der Waals surface area contributed by atoms with E-state index < -0.39 is 0 Å². The maximum absolute atomic E-state index is 12.2. The molecule has 1 aromatic heterocycles. The molecule has 2 rings (SSSR count). The van der Waals surface area contributed by atoms with Crippen molar-refractivity contribution in [1.29, 1.82) is 0 Å². The lowest BCUT2D eigenvalue weighted by Gasteiger charge is -2.29. The molecule has 0 aliphatic carbocycles. The third-order valence-corrected chi connectivity index (χ3v) is 3.23. The standard InChI is InChI=1S/C14H22N4O2.2ClH/c1-15-5-3-7-17-14(19)12-4-2-6-16-13(12)18-8-10-20-11-9-18;;/h2,4,6,15H,3,5,7-11H2,1H3,(H,17,19);2*1H. The van der Waals surface area contributed by atoms with Crippen LogP contribution in [0.15, 0.2) is 18.3 Å². The van der Waals surface area contributed by atoms with Crippen LogP contribution in [0.25, 0.3) is 0 Å². The highest BCUT2D eigenvalue weighted by Crippen LogP contribution is 2.18. The summed E-state index contributed by atoms with van der Waals surface area (Å²) in [7, 11) is 1.90. The van der Waals surface area contributed by atoms with E-state index in [2.05, 4.69) is 20.5 Å². The summed E-state index contributed by atoms with van der Waals surface area (Å²) in [4.78, 5) is 18.7. The Morgan fingerprint density at radius 1 is 1.32 bits per heavy atom. The molecule has 1 amide bonds. The number of carbonyl (C=O) groups excluding carboxylic acids is 1. The first-order valence-corrected chi connectivity index (χ1v) is 7.03. The lowest BCUT2D eigenvalue weighted by atomic mass is 10.2. The van der Waals surface area contributed by atoms with Gasteiger partial charge >= 0.3 is 0 Å². The minimum Gasteiger partial charge on any atom is -0.378 e. The van der Waals surface area contributed by atoms with Crippen LogP contribution in [0.1, 0.15) is 16.8 Å². The molecule has 2 heterocycles. The van der Waals surface area contributed by atoms with Crippen LogP contribution in [0.5, 0.6) is 0 Å². The van der Waals surface area contributed by atoms with Gasteiger partial charge in [0.25, 0.3) is 5.91 Å². The topological polar surface area (TPSA) is 66.5 Å². The minimum atomic E-state index is -0.0595. The fourth-order valence-electron chi connectivity index (χ4n) is 2.16. The molecule has 126 valence electrons. The average Bonchev–Trinajstić information content (AvgIpc) is 2.52. The molecule has 1 fully saturated rings. The van der Waals surface area contributed by atoms with E-state index in [-0.39, 0.29) is 30.7 Å². The van der Waals surface area contributed by atoms with Crippen LogP contribution in [-0.4, -0.2) is 57.3 Å². The Morgan fingerprint density at radius 3 is 2.73 bits per heavy atom. The molecule has 1 aliphatic heterocycles. The van der Waals surface area contributed by atoms with Gasteiger partial charge in [-0.1, -0.05) is 0 Å². The zero-order valence-corrected chi connectivity index (χ0v) is 14.3. The summed E-state index contributed by atoms with van der Waals surface area (Å²) in [5.41, 5.74) is 0.638. The summed E-state index contributed by atoms with van der Waals surface area (Å²) < 4.78 is 5.34. The van der Waals surface area contributed by atoms with Crippen molar-refractivity contribution in [2.75, 3.05) is 51.3 Å². The van der Waals surface area contributed by atoms with Gasteiger partial charge in [-0.15, -0.1) is 24.8 Å². The quantitative estimate of drug-likeness (QED) is 0.752. The van der Waals surface area contributed by atoms with Crippen LogP contribution >= 0.6 is 24.8 Å². The Morgan fingerprint density at radius 2 is 2.05 bits per heavy atom. The van der Waals surface area contributed by atoms with Crippen molar-refractivity contribution in [2.45, 2.75) is 6.42 Å². The number of halogens is 2. The van der Waals surface area contributed by atoms with E-state index in [0.29, 0.717) is 25.3 Å². The number of amides is 1. The van der Waals surface area contributed by atoms with Gasteiger partial charge in [-0.25, -0.2) is 4.98 Å². The maximum atomic E-state index is 12.2. The molecule has 0 aromatic carbocycles. The Hall–Kier alpha value is -1.08. The van der Waals surface area contributed by atoms with Gasteiger partial charge in [-0.2, -0.15) is 0 Å². The van der Waals surface area contributed by atoms with Crippen molar-refractivity contribution < 1.29 is 9.53 Å². The zero-order chi connectivity index (χ0) is 14.2. The third kappa shape index (κ3) is 5.96. The number of nitrogens with zero attached hydrogens (tertiary/aromatic N) is 2. The number of anilines is 1. The van der Waals surface area contributed by atoms with Gasteiger partial charge in [-0.3, -0.25) is 4.79 Å². The highest BCUT2D eigenvalue weighted by molar-refractivity contribution is 5.98. The SMILES string of the molecule is CNCCCNC(=O)c1cccnc1N1CCOCC1.Cl.Cl. The number of hydrogen-bond donors (Lipinski definition) is 2. The van der Waals surface area contributed by atoms with Crippen molar-refractivity contribution in [1.82, 2.24) is 15.6 Å². The second-order valence-corrected chi connectivity index (χ2v) is 4.69. The van der Waals surface area contributed by atoms with Crippen molar-refractivity contribution in [3.8, 4) is 0 Å². The van der Waals surface area contributed by atoms with Crippen LogP contribution in [0.3, 0.4) is 0 Å². The number of pyridine rings is 1. The summed E-state index contributed by atoms with van der Waals surface area (Å²) >= 11 is 0. The van der Waals surface area contributed by atoms with Crippen molar-refractivity contribution in [3.05, 3.63) is 23.9 Å². The lowest BCUT2D eigenvalue weighted by molar-refractivity contribution is 0.0951. The van der Waals surface area contributed by atoms with Crippen molar-refractivity contribution >= 4 is 36.5 Å². The third-order valence-electron chi connectivity index (χ3n) is 3.23. The minimum absolute atomic E-state index is 0. The Balaban J connectivity index is 0.00000220. The van der Waals surface area contributed by atoms with Gasteiger partial charge in [-0.05, 0) is 32.1 Å². The first-order valence-electron chi connectivity index (χ1n) is 7.03. The Labute approximate surface area is 143 Å². The molecule has 0 saturated carbocycles. The lowest BCUT2D eigenvalue weighted by Crippen LogP contribution is -2.38. The summed E-state index contributed by atoms with van der Waals surface area (Å²) in [6.07, 6.45) is 2.64. The van der Waals surface area contributed by atoms with E-state index in [1.54, 1.807) is 12.3 Å². The molecular weight excluding hydrogens is 327 g/mol. The summed E-state index contributed by atoms with van der Waals surface area (Å²) in [6, 6.07) is 3.62. The molecule has 2 N–H and O–H groups in total. The van der Waals surface area contributed by atoms with E-state index in [1.807, 2.05) is 13.1 Å². The largest absolute Gasteiger partial charge is 0.378 e. The molecule has 6 nitrogen and oxygen atoms in total. The van der Waals surface area contributed by atoms with Gasteiger partial charge in [0.1, 0.15) is 5.82 Å². The molecule has 0 unspecified atom stereocenters. The number of ether oxygens (including phenoxy) is 1. The first kappa shape index (κ1) is 20.9. The second kappa shape index (κ2) is 11.5. The number of aromatic nitrogens is 1. The predicted molar refractivity (Wildman–Crippen MR) is 92.6 cm³/mol. The summed E-state index contributed by atoms with van der Waals surface area (Å²) in [6.45, 7) is 4.47. The molecule has 8 heteroatoms. The Kier molecular flexibility index (Phi) is 10.9. The summed E-state index contributed by atoms with van der Waals surface area (Å²) in [5, 5.41) is 5.99. The number of morpholine rings is 1. The molecule has 0 spiro atoms. The Bertz CT molecular complexity index is 443. The van der Waals surface area contributed by atoms with Crippen LogP contribution < -0.4 is 15.5 Å². The normalized spacial score (nSPS) is 13.8. The number of hydrogen-bond acceptors (Lipinski definition) is 5. The van der Waals surface area contributed by atoms with Crippen LogP contribution in [0, 0.1) is 0 Å². The van der Waals surface area contributed by atoms with Crippen molar-refractivity contribution in [3.63, 3.8) is 0 Å². The highest BCUT2D eigenvalue weighted by Gasteiger charge is 2.19. The smallest absolute Gasteiger partial charge is 0.255 e. The molecule has 0 bridgehead atoms. The van der Waals surface area contributed by atoms with Crippen LogP contribution in [-0.2, 0) is 4.74 Å². The van der Waals surface area contributed by atoms with E-state index in [4.69, 9.17) is 4.74 Å².